The second kappa shape index (κ2) is 4.46. The lowest BCUT2D eigenvalue weighted by atomic mass is 10.6. The molecule has 0 spiro atoms. The van der Waals surface area contributed by atoms with E-state index in [-0.39, 0.29) is 6.08 Å². The third-order valence-electron chi connectivity index (χ3n) is 1.68. The van der Waals surface area contributed by atoms with Crippen LogP contribution in [0.25, 0.3) is 0 Å². The van der Waals surface area contributed by atoms with Crippen molar-refractivity contribution in [3.05, 3.63) is 12.2 Å². The van der Waals surface area contributed by atoms with E-state index in [0.29, 0.717) is 0 Å². The SMILES string of the molecule is CC=CC(P(=O)(O)O)(P(=O)(O)O)P(=O)(O)O. The van der Waals surface area contributed by atoms with Crippen LogP contribution in [0.3, 0.4) is 0 Å². The molecule has 0 aliphatic rings. The van der Waals surface area contributed by atoms with Crippen LogP contribution in [0.4, 0.5) is 0 Å². The fraction of sp³-hybridized carbons (Fsp3) is 0.500. The van der Waals surface area contributed by atoms with Crippen molar-refractivity contribution in [1.29, 1.82) is 0 Å². The molecule has 0 atom stereocenters. The van der Waals surface area contributed by atoms with Gasteiger partial charge in [-0.3, -0.25) is 13.7 Å². The summed E-state index contributed by atoms with van der Waals surface area (Å²) in [7, 11) is -17.3. The van der Waals surface area contributed by atoms with Gasteiger partial charge in [0.15, 0.2) is 0 Å². The predicted octanol–water partition coefficient (Wildman–Crippen LogP) is -0.251. The lowest BCUT2D eigenvalue weighted by Gasteiger charge is -2.31. The summed E-state index contributed by atoms with van der Waals surface area (Å²) in [5.74, 6) is 0. The molecule has 0 bridgehead atoms. The number of rotatable bonds is 4. The molecule has 0 heterocycles. The maximum atomic E-state index is 11.0. The third kappa shape index (κ3) is 2.54. The minimum absolute atomic E-state index is 0.148. The highest BCUT2D eigenvalue weighted by Crippen LogP contribution is 2.83. The Morgan fingerprint density at radius 2 is 1.06 bits per heavy atom. The topological polar surface area (TPSA) is 173 Å². The molecule has 0 saturated carbocycles. The number of hydrogen-bond donors (Lipinski definition) is 6. The lowest BCUT2D eigenvalue weighted by Crippen LogP contribution is -2.26. The average molecular weight is 296 g/mol. The minimum atomic E-state index is -5.78. The van der Waals surface area contributed by atoms with Crippen molar-refractivity contribution in [2.75, 3.05) is 0 Å². The number of allylic oxidation sites excluding steroid dienone is 2. The van der Waals surface area contributed by atoms with E-state index in [1.165, 1.54) is 0 Å². The van der Waals surface area contributed by atoms with Crippen molar-refractivity contribution < 1.29 is 43.1 Å². The Morgan fingerprint density at radius 1 is 0.812 bits per heavy atom. The molecular formula is C4H11O9P3. The van der Waals surface area contributed by atoms with Crippen molar-refractivity contribution in [3.8, 4) is 0 Å². The molecule has 96 valence electrons. The van der Waals surface area contributed by atoms with E-state index in [0.717, 1.165) is 13.0 Å². The molecule has 0 aliphatic heterocycles. The molecule has 16 heavy (non-hydrogen) atoms. The van der Waals surface area contributed by atoms with Gasteiger partial charge in [-0.2, -0.15) is 0 Å². The van der Waals surface area contributed by atoms with Crippen LogP contribution < -0.4 is 0 Å². The van der Waals surface area contributed by atoms with Gasteiger partial charge >= 0.3 is 22.8 Å². The minimum Gasteiger partial charge on any atom is -0.323 e. The Bertz CT molecular complexity index is 365. The normalized spacial score (nSPS) is 15.7. The van der Waals surface area contributed by atoms with Crippen LogP contribution in [0.5, 0.6) is 0 Å². The van der Waals surface area contributed by atoms with Gasteiger partial charge in [0.1, 0.15) is 0 Å². The molecule has 0 saturated heterocycles. The van der Waals surface area contributed by atoms with Gasteiger partial charge in [0, 0.05) is 0 Å². The molecule has 0 amide bonds. The largest absolute Gasteiger partial charge is 0.360 e. The van der Waals surface area contributed by atoms with E-state index in [2.05, 4.69) is 0 Å². The Labute approximate surface area is 90.3 Å². The van der Waals surface area contributed by atoms with Gasteiger partial charge < -0.3 is 29.4 Å². The zero-order chi connectivity index (χ0) is 13.4. The summed E-state index contributed by atoms with van der Waals surface area (Å²) in [5, 5.41) is 0. The van der Waals surface area contributed by atoms with Crippen LogP contribution in [0.1, 0.15) is 6.92 Å². The molecular weight excluding hydrogens is 285 g/mol. The van der Waals surface area contributed by atoms with E-state index in [9.17, 15) is 13.7 Å². The zero-order valence-electron chi connectivity index (χ0n) is 7.90. The van der Waals surface area contributed by atoms with Gasteiger partial charge in [0.05, 0.1) is 0 Å². The standard InChI is InChI=1S/C4H11O9P3/c1-2-3-4(14(5,6)7,15(8,9)10)16(11,12)13/h2-3H,1H3,(H2,5,6,7)(H2,8,9,10)(H2,11,12,13). The highest BCUT2D eigenvalue weighted by Gasteiger charge is 2.70. The van der Waals surface area contributed by atoms with E-state index >= 15 is 0 Å². The van der Waals surface area contributed by atoms with E-state index in [4.69, 9.17) is 29.4 Å². The zero-order valence-corrected chi connectivity index (χ0v) is 10.6. The third-order valence-corrected chi connectivity index (χ3v) is 9.39. The van der Waals surface area contributed by atoms with Gasteiger partial charge in [0.2, 0.25) is 0 Å². The fourth-order valence-electron chi connectivity index (χ4n) is 1.02. The maximum absolute atomic E-state index is 11.0. The summed E-state index contributed by atoms with van der Waals surface area (Å²) in [5.41, 5.74) is 0. The predicted molar refractivity (Wildman–Crippen MR) is 53.7 cm³/mol. The van der Waals surface area contributed by atoms with Gasteiger partial charge in [-0.05, 0) is 13.0 Å². The maximum Gasteiger partial charge on any atom is 0.360 e. The molecule has 0 aromatic carbocycles. The fourth-order valence-corrected chi connectivity index (χ4v) is 6.13. The second-order valence-electron chi connectivity index (χ2n) is 2.82. The van der Waals surface area contributed by atoms with E-state index in [1.54, 1.807) is 0 Å². The van der Waals surface area contributed by atoms with Gasteiger partial charge in [-0.25, -0.2) is 0 Å². The molecule has 0 aliphatic carbocycles. The van der Waals surface area contributed by atoms with Gasteiger partial charge in [-0.1, -0.05) is 6.08 Å². The summed E-state index contributed by atoms with van der Waals surface area (Å²) < 4.78 is 29.2. The second-order valence-corrected chi connectivity index (χ2v) is 9.26. The highest BCUT2D eigenvalue weighted by molar-refractivity contribution is 7.89. The summed E-state index contributed by atoms with van der Waals surface area (Å²) in [6.07, 6.45) is 0.895. The smallest absolute Gasteiger partial charge is 0.323 e. The van der Waals surface area contributed by atoms with Crippen molar-refractivity contribution >= 4 is 22.8 Å². The molecule has 0 aromatic rings. The van der Waals surface area contributed by atoms with Crippen molar-refractivity contribution in [1.82, 2.24) is 0 Å². The lowest BCUT2D eigenvalue weighted by molar-refractivity contribution is 0.313. The Balaban J connectivity index is 6.40. The summed E-state index contributed by atoms with van der Waals surface area (Å²) in [4.78, 5) is 52.8. The molecule has 0 radical (unpaired) electrons. The molecule has 9 nitrogen and oxygen atoms in total. The summed E-state index contributed by atoms with van der Waals surface area (Å²) >= 11 is 0. The quantitative estimate of drug-likeness (QED) is 0.302. The van der Waals surface area contributed by atoms with Crippen molar-refractivity contribution in [3.63, 3.8) is 0 Å². The van der Waals surface area contributed by atoms with Crippen LogP contribution in [0.2, 0.25) is 0 Å². The van der Waals surface area contributed by atoms with Crippen LogP contribution >= 0.6 is 22.8 Å². The monoisotopic (exact) mass is 296 g/mol. The van der Waals surface area contributed by atoms with E-state index in [1.807, 2.05) is 0 Å². The van der Waals surface area contributed by atoms with Crippen molar-refractivity contribution in [2.24, 2.45) is 0 Å². The molecule has 0 fully saturated rings. The molecule has 12 heteroatoms. The molecule has 0 unspecified atom stereocenters. The Morgan fingerprint density at radius 3 is 1.12 bits per heavy atom. The first-order chi connectivity index (χ1) is 6.81. The van der Waals surface area contributed by atoms with Crippen LogP contribution in [-0.2, 0) is 13.7 Å². The van der Waals surface area contributed by atoms with E-state index < -0.39 is 27.4 Å². The summed E-state index contributed by atoms with van der Waals surface area (Å²) in [6.45, 7) is 1.11. The number of hydrogen-bond acceptors (Lipinski definition) is 3. The highest BCUT2D eigenvalue weighted by atomic mass is 31.3. The Hall–Kier alpha value is 0.190. The van der Waals surface area contributed by atoms with Crippen LogP contribution in [-0.4, -0.2) is 34.0 Å². The van der Waals surface area contributed by atoms with Crippen molar-refractivity contribution in [2.45, 2.75) is 11.6 Å². The van der Waals surface area contributed by atoms with Crippen LogP contribution in [0.15, 0.2) is 12.2 Å². The van der Waals surface area contributed by atoms with Gasteiger partial charge in [-0.15, -0.1) is 0 Å². The Kier molecular flexibility index (Phi) is 4.51. The first kappa shape index (κ1) is 16.2. The van der Waals surface area contributed by atoms with Crippen LogP contribution in [0, 0.1) is 0 Å². The molecule has 0 rings (SSSR count). The first-order valence-corrected chi connectivity index (χ1v) is 8.45. The molecule has 6 N–H and O–H groups in total. The van der Waals surface area contributed by atoms with Gasteiger partial charge in [0.25, 0.3) is 4.64 Å². The molecule has 0 aromatic heterocycles. The average Bonchev–Trinajstić information content (AvgIpc) is 1.91. The first-order valence-electron chi connectivity index (χ1n) is 3.62. The summed E-state index contributed by atoms with van der Waals surface area (Å²) in [6, 6.07) is 0.